The molecule has 4 nitrogen and oxygen atoms in total. The molecule has 0 aliphatic rings. The average molecular weight is 262 g/mol. The lowest BCUT2D eigenvalue weighted by Gasteiger charge is -2.35. The Labute approximate surface area is 120 Å². The van der Waals surface area contributed by atoms with E-state index in [0.717, 1.165) is 19.3 Å². The fourth-order valence-corrected chi connectivity index (χ4v) is 2.57. The van der Waals surface area contributed by atoms with Gasteiger partial charge in [0.05, 0.1) is 0 Å². The molecular weight excluding hydrogens is 241 g/mol. The Balaban J connectivity index is 4.55. The zero-order chi connectivity index (χ0) is 14.7. The summed E-state index contributed by atoms with van der Waals surface area (Å²) in [6.45, 7) is 4.63. The van der Waals surface area contributed by atoms with E-state index in [1.165, 1.54) is 6.92 Å². The number of hydrogen-bond donors (Lipinski definition) is 0. The normalized spacial score (nSPS) is 13.4. The van der Waals surface area contributed by atoms with Crippen LogP contribution in [-0.4, -0.2) is 49.8 Å². The first kappa shape index (κ1) is 18.7. The first-order chi connectivity index (χ1) is 8.99. The summed E-state index contributed by atoms with van der Waals surface area (Å²) in [4.78, 5) is 11.4. The van der Waals surface area contributed by atoms with Crippen molar-refractivity contribution in [3.8, 4) is 0 Å². The second-order valence-electron chi connectivity index (χ2n) is 5.32. The molecule has 0 aromatic carbocycles. The molecule has 0 bridgehead atoms. The van der Waals surface area contributed by atoms with Crippen molar-refractivity contribution >= 4 is 29.9 Å². The fraction of sp³-hybridized carbons (Fsp3) is 0.917. The molecule has 102 valence electrons. The Morgan fingerprint density at radius 3 is 2.16 bits per heavy atom. The number of Topliss-reactive ketones (excluding diaryl/α,β-unsaturated/α-hetero) is 1. The molecule has 0 spiro atoms. The third kappa shape index (κ3) is 8.50. The summed E-state index contributed by atoms with van der Waals surface area (Å²) in [5, 5.41) is 0. The second kappa shape index (κ2) is 10.5. The maximum Gasteiger partial charge on any atom is 0.282 e. The minimum Gasteiger partial charge on any atom is -0.448 e. The van der Waals surface area contributed by atoms with Gasteiger partial charge < -0.3 is 18.8 Å². The van der Waals surface area contributed by atoms with E-state index >= 15 is 0 Å². The van der Waals surface area contributed by atoms with Crippen molar-refractivity contribution in [1.82, 2.24) is 0 Å². The fourth-order valence-electron chi connectivity index (χ4n) is 2.57. The molecule has 0 saturated heterocycles. The third-order valence-electron chi connectivity index (χ3n) is 3.14. The molecule has 19 heavy (non-hydrogen) atoms. The van der Waals surface area contributed by atoms with Crippen LogP contribution in [0.2, 0.25) is 0 Å². The summed E-state index contributed by atoms with van der Waals surface area (Å²) >= 11 is 0. The van der Waals surface area contributed by atoms with Crippen molar-refractivity contribution in [1.29, 1.82) is 0 Å². The predicted molar refractivity (Wildman–Crippen MR) is 75.9 cm³/mol. The molecule has 6 radical (unpaired) electrons. The summed E-state index contributed by atoms with van der Waals surface area (Å²) in [5.74, 6) is 0.423. The van der Waals surface area contributed by atoms with Crippen LogP contribution in [0, 0.1) is 11.3 Å². The van der Waals surface area contributed by atoms with Gasteiger partial charge in [0.2, 0.25) is 0 Å². The van der Waals surface area contributed by atoms with Crippen LogP contribution in [0.5, 0.6) is 0 Å². The Morgan fingerprint density at radius 2 is 1.74 bits per heavy atom. The van der Waals surface area contributed by atoms with Crippen molar-refractivity contribution in [3.63, 3.8) is 0 Å². The van der Waals surface area contributed by atoms with Crippen LogP contribution < -0.4 is 0 Å². The summed E-state index contributed by atoms with van der Waals surface area (Å²) in [6.07, 6.45) is 2.87. The Hall–Kier alpha value is -0.255. The van der Waals surface area contributed by atoms with E-state index < -0.39 is 5.41 Å². The van der Waals surface area contributed by atoms with Gasteiger partial charge in [0.25, 0.3) is 24.1 Å². The van der Waals surface area contributed by atoms with E-state index in [1.54, 1.807) is 0 Å². The average Bonchev–Trinajstić information content (AvgIpc) is 2.28. The van der Waals surface area contributed by atoms with Crippen LogP contribution in [0.4, 0.5) is 0 Å². The Kier molecular flexibility index (Phi) is 10.4. The topological polar surface area (TPSA) is 44.8 Å². The van der Waals surface area contributed by atoms with Gasteiger partial charge in [-0.05, 0) is 32.1 Å². The zero-order valence-corrected chi connectivity index (χ0v) is 11.9. The number of carbonyl (C=O) groups is 1. The van der Waals surface area contributed by atoms with Gasteiger partial charge in [0.15, 0.2) is 0 Å². The second-order valence-corrected chi connectivity index (χ2v) is 5.32. The molecule has 0 saturated carbocycles. The maximum atomic E-state index is 11.4. The van der Waals surface area contributed by atoms with Crippen molar-refractivity contribution in [2.45, 2.75) is 39.5 Å². The first-order valence-corrected chi connectivity index (χ1v) is 6.44. The van der Waals surface area contributed by atoms with Crippen molar-refractivity contribution in [2.75, 3.05) is 19.8 Å². The van der Waals surface area contributed by atoms with Crippen molar-refractivity contribution in [3.05, 3.63) is 0 Å². The molecular formula is C12H21B3O4. The van der Waals surface area contributed by atoms with E-state index in [-0.39, 0.29) is 19.0 Å². The van der Waals surface area contributed by atoms with Gasteiger partial charge in [-0.15, -0.1) is 0 Å². The van der Waals surface area contributed by atoms with Crippen LogP contribution in [0.3, 0.4) is 0 Å². The summed E-state index contributed by atoms with van der Waals surface area (Å²) < 4.78 is 14.0. The summed E-state index contributed by atoms with van der Waals surface area (Å²) in [5.41, 5.74) is -0.474. The quantitative estimate of drug-likeness (QED) is 0.389. The molecule has 0 aromatic rings. The maximum absolute atomic E-state index is 11.4. The molecule has 7 heteroatoms. The molecule has 0 amide bonds. The van der Waals surface area contributed by atoms with Crippen LogP contribution in [-0.2, 0) is 18.8 Å². The molecule has 1 atom stereocenters. The monoisotopic (exact) mass is 262 g/mol. The van der Waals surface area contributed by atoms with E-state index in [2.05, 4.69) is 11.6 Å². The number of hydrogen-bond acceptors (Lipinski definition) is 4. The van der Waals surface area contributed by atoms with Crippen LogP contribution >= 0.6 is 0 Å². The van der Waals surface area contributed by atoms with Crippen molar-refractivity contribution in [2.24, 2.45) is 11.3 Å². The highest BCUT2D eigenvalue weighted by molar-refractivity contribution is 5.98. The van der Waals surface area contributed by atoms with E-state index in [0.29, 0.717) is 18.9 Å². The lowest BCUT2D eigenvalue weighted by atomic mass is 9.76. The van der Waals surface area contributed by atoms with Crippen LogP contribution in [0.15, 0.2) is 0 Å². The van der Waals surface area contributed by atoms with Gasteiger partial charge in [-0.25, -0.2) is 0 Å². The SMILES string of the molecule is [B]OCCCC(C)CC(CO[B])(CO[B])CC(C)=O. The molecule has 0 heterocycles. The zero-order valence-electron chi connectivity index (χ0n) is 11.9. The van der Waals surface area contributed by atoms with E-state index in [1.807, 2.05) is 0 Å². The van der Waals surface area contributed by atoms with Gasteiger partial charge >= 0.3 is 0 Å². The van der Waals surface area contributed by atoms with E-state index in [9.17, 15) is 4.79 Å². The van der Waals surface area contributed by atoms with Crippen LogP contribution in [0.25, 0.3) is 0 Å². The summed E-state index contributed by atoms with van der Waals surface area (Å²) in [6, 6.07) is 0. The molecule has 1 unspecified atom stereocenters. The van der Waals surface area contributed by atoms with Gasteiger partial charge in [-0.1, -0.05) is 6.92 Å². The number of carbonyl (C=O) groups excluding carboxylic acids is 1. The highest BCUT2D eigenvalue weighted by Crippen LogP contribution is 2.33. The van der Waals surface area contributed by atoms with Gasteiger partial charge in [-0.3, -0.25) is 0 Å². The number of rotatable bonds is 12. The molecule has 0 aliphatic carbocycles. The van der Waals surface area contributed by atoms with Crippen LogP contribution in [0.1, 0.15) is 39.5 Å². The van der Waals surface area contributed by atoms with Crippen molar-refractivity contribution < 1.29 is 18.8 Å². The predicted octanol–water partition coefficient (Wildman–Crippen LogP) is 1.06. The molecule has 0 aliphatic heterocycles. The Morgan fingerprint density at radius 1 is 1.16 bits per heavy atom. The van der Waals surface area contributed by atoms with Gasteiger partial charge in [0, 0.05) is 31.7 Å². The lowest BCUT2D eigenvalue weighted by molar-refractivity contribution is -0.121. The first-order valence-electron chi connectivity index (χ1n) is 6.44. The summed E-state index contributed by atoms with van der Waals surface area (Å²) in [7, 11) is 15.3. The minimum absolute atomic E-state index is 0.0617. The standard InChI is InChI=1S/C12H21B3O4/c1-10(4-3-5-17-13)6-12(8-18-14,9-19-15)7-11(2)16/h10H,3-9H2,1-2H3. The molecule has 0 N–H and O–H groups in total. The molecule has 0 aromatic heterocycles. The van der Waals surface area contributed by atoms with Gasteiger partial charge in [0.1, 0.15) is 5.78 Å². The number of ketones is 1. The third-order valence-corrected chi connectivity index (χ3v) is 3.14. The largest absolute Gasteiger partial charge is 0.448 e. The molecule has 0 fully saturated rings. The highest BCUT2D eigenvalue weighted by atomic mass is 16.4. The van der Waals surface area contributed by atoms with E-state index in [4.69, 9.17) is 33.5 Å². The van der Waals surface area contributed by atoms with Gasteiger partial charge in [-0.2, -0.15) is 0 Å². The Bertz CT molecular complexity index is 245. The molecule has 0 rings (SSSR count). The minimum atomic E-state index is -0.474. The lowest BCUT2D eigenvalue weighted by Crippen LogP contribution is -2.36. The smallest absolute Gasteiger partial charge is 0.282 e. The highest BCUT2D eigenvalue weighted by Gasteiger charge is 2.33.